The second-order valence-electron chi connectivity index (χ2n) is 6.51. The number of rotatable bonds is 4. The molecule has 6 nitrogen and oxygen atoms in total. The van der Waals surface area contributed by atoms with E-state index >= 15 is 0 Å². The molecule has 0 saturated carbocycles. The van der Waals surface area contributed by atoms with Crippen LogP contribution in [0.15, 0.2) is 29.2 Å². The van der Waals surface area contributed by atoms with E-state index in [1.807, 2.05) is 0 Å². The minimum absolute atomic E-state index is 0.114. The highest BCUT2D eigenvalue weighted by Crippen LogP contribution is 2.21. The van der Waals surface area contributed by atoms with Crippen molar-refractivity contribution in [1.82, 2.24) is 14.9 Å². The molecule has 24 heavy (non-hydrogen) atoms. The fourth-order valence-corrected chi connectivity index (χ4v) is 4.84. The predicted octanol–water partition coefficient (Wildman–Crippen LogP) is 1.34. The van der Waals surface area contributed by atoms with Crippen LogP contribution in [0.2, 0.25) is 0 Å². The van der Waals surface area contributed by atoms with E-state index in [1.54, 1.807) is 22.5 Å². The van der Waals surface area contributed by atoms with Crippen molar-refractivity contribution >= 4 is 15.9 Å². The van der Waals surface area contributed by atoms with E-state index in [0.29, 0.717) is 18.7 Å². The fraction of sp³-hybridized carbons (Fsp3) is 0.588. The zero-order chi connectivity index (χ0) is 17.0. The van der Waals surface area contributed by atoms with Gasteiger partial charge in [-0.15, -0.1) is 0 Å². The van der Waals surface area contributed by atoms with Crippen LogP contribution >= 0.6 is 0 Å². The van der Waals surface area contributed by atoms with Crippen LogP contribution in [0.5, 0.6) is 0 Å². The highest BCUT2D eigenvalue weighted by atomic mass is 32.2. The molecule has 2 saturated heterocycles. The Bertz CT molecular complexity index is 676. The predicted molar refractivity (Wildman–Crippen MR) is 92.4 cm³/mol. The Morgan fingerprint density at radius 3 is 2.58 bits per heavy atom. The summed E-state index contributed by atoms with van der Waals surface area (Å²) in [5.74, 6) is -0.211. The van der Waals surface area contributed by atoms with Crippen LogP contribution in [0.4, 0.5) is 0 Å². The van der Waals surface area contributed by atoms with E-state index in [0.717, 1.165) is 45.2 Å². The van der Waals surface area contributed by atoms with E-state index in [4.69, 9.17) is 0 Å². The molecule has 2 aliphatic heterocycles. The standard InChI is InChI=1S/C17H25N3O3S/c21-17(19-15-8-9-18-13-15)14-6-5-7-16(12-14)24(22,23)20-10-3-1-2-4-11-20/h5-7,12,15,18H,1-4,8-11,13H2,(H,19,21). The van der Waals surface area contributed by atoms with Gasteiger partial charge in [0.05, 0.1) is 4.90 Å². The number of carbonyl (C=O) groups excluding carboxylic acids is 1. The van der Waals surface area contributed by atoms with Gasteiger partial charge in [-0.2, -0.15) is 4.31 Å². The summed E-state index contributed by atoms with van der Waals surface area (Å²) in [4.78, 5) is 12.6. The molecule has 2 heterocycles. The lowest BCUT2D eigenvalue weighted by molar-refractivity contribution is 0.0940. The summed E-state index contributed by atoms with van der Waals surface area (Å²) < 4.78 is 27.2. The average molecular weight is 351 g/mol. The Balaban J connectivity index is 1.77. The molecule has 2 fully saturated rings. The topological polar surface area (TPSA) is 78.5 Å². The lowest BCUT2D eigenvalue weighted by atomic mass is 10.2. The van der Waals surface area contributed by atoms with Gasteiger partial charge in [-0.3, -0.25) is 4.79 Å². The van der Waals surface area contributed by atoms with Crippen molar-refractivity contribution in [3.8, 4) is 0 Å². The molecule has 2 aliphatic rings. The second-order valence-corrected chi connectivity index (χ2v) is 8.45. The molecule has 0 radical (unpaired) electrons. The van der Waals surface area contributed by atoms with Crippen LogP contribution in [0.25, 0.3) is 0 Å². The number of sulfonamides is 1. The largest absolute Gasteiger partial charge is 0.348 e. The molecule has 1 aromatic carbocycles. The molecular weight excluding hydrogens is 326 g/mol. The van der Waals surface area contributed by atoms with E-state index < -0.39 is 10.0 Å². The van der Waals surface area contributed by atoms with Crippen molar-refractivity contribution < 1.29 is 13.2 Å². The number of carbonyl (C=O) groups is 1. The summed E-state index contributed by atoms with van der Waals surface area (Å²) in [6, 6.07) is 6.50. The number of benzene rings is 1. The molecule has 0 aliphatic carbocycles. The summed E-state index contributed by atoms with van der Waals surface area (Å²) in [5, 5.41) is 6.15. The minimum atomic E-state index is -3.53. The first-order valence-corrected chi connectivity index (χ1v) is 10.1. The molecule has 1 unspecified atom stereocenters. The first-order chi connectivity index (χ1) is 11.6. The van der Waals surface area contributed by atoms with E-state index in [1.165, 1.54) is 6.07 Å². The van der Waals surface area contributed by atoms with Gasteiger partial charge in [0.25, 0.3) is 5.91 Å². The SMILES string of the molecule is O=C(NC1CCNC1)c1cccc(S(=O)(=O)N2CCCCCC2)c1. The molecule has 1 amide bonds. The van der Waals surface area contributed by atoms with Crippen LogP contribution in [0.1, 0.15) is 42.5 Å². The van der Waals surface area contributed by atoms with Crippen LogP contribution < -0.4 is 10.6 Å². The van der Waals surface area contributed by atoms with Crippen molar-refractivity contribution in [3.05, 3.63) is 29.8 Å². The maximum Gasteiger partial charge on any atom is 0.251 e. The Kier molecular flexibility index (Phi) is 5.53. The van der Waals surface area contributed by atoms with E-state index in [-0.39, 0.29) is 16.8 Å². The average Bonchev–Trinajstić information content (AvgIpc) is 2.93. The quantitative estimate of drug-likeness (QED) is 0.858. The van der Waals surface area contributed by atoms with Gasteiger partial charge in [0.15, 0.2) is 0 Å². The number of nitrogens with one attached hydrogen (secondary N) is 2. The van der Waals surface area contributed by atoms with Gasteiger partial charge < -0.3 is 10.6 Å². The van der Waals surface area contributed by atoms with Crippen LogP contribution in [-0.2, 0) is 10.0 Å². The van der Waals surface area contributed by atoms with Gasteiger partial charge in [-0.05, 0) is 44.0 Å². The number of amides is 1. The van der Waals surface area contributed by atoms with Crippen LogP contribution in [0.3, 0.4) is 0 Å². The van der Waals surface area contributed by atoms with Gasteiger partial charge in [-0.1, -0.05) is 18.9 Å². The molecule has 7 heteroatoms. The van der Waals surface area contributed by atoms with Crippen LogP contribution in [-0.4, -0.2) is 50.9 Å². The zero-order valence-corrected chi connectivity index (χ0v) is 14.6. The fourth-order valence-electron chi connectivity index (χ4n) is 3.28. The first-order valence-electron chi connectivity index (χ1n) is 8.69. The maximum atomic E-state index is 12.8. The van der Waals surface area contributed by atoms with Gasteiger partial charge >= 0.3 is 0 Å². The molecule has 1 aromatic rings. The third kappa shape index (κ3) is 3.96. The summed E-state index contributed by atoms with van der Waals surface area (Å²) in [7, 11) is -3.53. The van der Waals surface area contributed by atoms with Crippen molar-refractivity contribution in [1.29, 1.82) is 0 Å². The minimum Gasteiger partial charge on any atom is -0.348 e. The summed E-state index contributed by atoms with van der Waals surface area (Å²) in [6.45, 7) is 2.78. The molecule has 0 bridgehead atoms. The monoisotopic (exact) mass is 351 g/mol. The molecule has 1 atom stereocenters. The van der Waals surface area contributed by atoms with Crippen molar-refractivity contribution in [2.75, 3.05) is 26.2 Å². The van der Waals surface area contributed by atoms with Gasteiger partial charge in [0, 0.05) is 31.2 Å². The lowest BCUT2D eigenvalue weighted by Gasteiger charge is -2.20. The summed E-state index contributed by atoms with van der Waals surface area (Å²) in [6.07, 6.45) is 4.84. The third-order valence-corrected chi connectivity index (χ3v) is 6.59. The number of hydrogen-bond donors (Lipinski definition) is 2. The highest BCUT2D eigenvalue weighted by molar-refractivity contribution is 7.89. The molecule has 2 N–H and O–H groups in total. The number of nitrogens with zero attached hydrogens (tertiary/aromatic N) is 1. The molecular formula is C17H25N3O3S. The summed E-state index contributed by atoms with van der Waals surface area (Å²) >= 11 is 0. The molecule has 3 rings (SSSR count). The van der Waals surface area contributed by atoms with E-state index in [2.05, 4.69) is 10.6 Å². The lowest BCUT2D eigenvalue weighted by Crippen LogP contribution is -2.36. The summed E-state index contributed by atoms with van der Waals surface area (Å²) in [5.41, 5.74) is 0.401. The third-order valence-electron chi connectivity index (χ3n) is 4.69. The maximum absolute atomic E-state index is 12.8. The number of hydrogen-bond acceptors (Lipinski definition) is 4. The Labute approximate surface area is 143 Å². The Morgan fingerprint density at radius 1 is 1.17 bits per heavy atom. The first kappa shape index (κ1) is 17.4. The highest BCUT2D eigenvalue weighted by Gasteiger charge is 2.26. The molecule has 0 aromatic heterocycles. The van der Waals surface area contributed by atoms with Gasteiger partial charge in [-0.25, -0.2) is 8.42 Å². The second kappa shape index (κ2) is 7.63. The molecule has 0 spiro atoms. The van der Waals surface area contributed by atoms with Crippen molar-refractivity contribution in [3.63, 3.8) is 0 Å². The van der Waals surface area contributed by atoms with E-state index in [9.17, 15) is 13.2 Å². The Morgan fingerprint density at radius 2 is 1.92 bits per heavy atom. The van der Waals surface area contributed by atoms with Crippen molar-refractivity contribution in [2.24, 2.45) is 0 Å². The normalized spacial score (nSPS) is 22.9. The zero-order valence-electron chi connectivity index (χ0n) is 13.8. The van der Waals surface area contributed by atoms with Crippen LogP contribution in [0, 0.1) is 0 Å². The van der Waals surface area contributed by atoms with Gasteiger partial charge in [0.1, 0.15) is 0 Å². The Hall–Kier alpha value is -1.44. The van der Waals surface area contributed by atoms with Gasteiger partial charge in [0.2, 0.25) is 10.0 Å². The molecule has 132 valence electrons. The van der Waals surface area contributed by atoms with Crippen molar-refractivity contribution in [2.45, 2.75) is 43.0 Å². The smallest absolute Gasteiger partial charge is 0.251 e.